The van der Waals surface area contributed by atoms with E-state index in [1.165, 1.54) is 32.3 Å². The van der Waals surface area contributed by atoms with Gasteiger partial charge >= 0.3 is 16.8 Å². The van der Waals surface area contributed by atoms with E-state index in [2.05, 4.69) is 9.72 Å². The lowest BCUT2D eigenvalue weighted by molar-refractivity contribution is -0.0497. The Kier molecular flexibility index (Phi) is 3.92. The third-order valence-electron chi connectivity index (χ3n) is 2.66. The Morgan fingerprint density at radius 1 is 1.43 bits per heavy atom. The summed E-state index contributed by atoms with van der Waals surface area (Å²) in [5, 5.41) is 7.26. The average Bonchev–Trinajstić information content (AvgIpc) is 2.75. The Bertz CT molecular complexity index is 786. The van der Waals surface area contributed by atoms with E-state index in [1.54, 1.807) is 0 Å². The smallest absolute Gasteiger partial charge is 0.387 e. The quantitative estimate of drug-likeness (QED) is 0.841. The van der Waals surface area contributed by atoms with E-state index in [-0.39, 0.29) is 22.6 Å². The first-order valence-corrected chi connectivity index (χ1v) is 7.08. The molecule has 7 nitrogen and oxygen atoms in total. The van der Waals surface area contributed by atoms with Gasteiger partial charge in [0.15, 0.2) is 5.82 Å². The van der Waals surface area contributed by atoms with Crippen molar-refractivity contribution in [3.8, 4) is 5.75 Å². The number of imidazole rings is 1. The zero-order valence-corrected chi connectivity index (χ0v) is 11.9. The minimum absolute atomic E-state index is 0.132. The van der Waals surface area contributed by atoms with E-state index in [0.29, 0.717) is 0 Å². The average molecular weight is 318 g/mol. The zero-order valence-electron chi connectivity index (χ0n) is 11.1. The van der Waals surface area contributed by atoms with Crippen molar-refractivity contribution in [2.75, 3.05) is 14.1 Å². The van der Waals surface area contributed by atoms with Crippen molar-refractivity contribution in [1.82, 2.24) is 13.3 Å². The van der Waals surface area contributed by atoms with Crippen molar-refractivity contribution in [3.05, 3.63) is 24.0 Å². The molecule has 1 N–H and O–H groups in total. The maximum absolute atomic E-state index is 12.2. The molecule has 0 aliphatic rings. The second-order valence-electron chi connectivity index (χ2n) is 4.20. The van der Waals surface area contributed by atoms with Crippen LogP contribution >= 0.6 is 0 Å². The van der Waals surface area contributed by atoms with Crippen LogP contribution in [0.25, 0.3) is 11.0 Å². The molecular weight excluding hydrogens is 306 g/mol. The van der Waals surface area contributed by atoms with Crippen molar-refractivity contribution >= 4 is 27.5 Å². The monoisotopic (exact) mass is 318 g/mol. The van der Waals surface area contributed by atoms with Crippen molar-refractivity contribution in [2.45, 2.75) is 6.61 Å². The van der Waals surface area contributed by atoms with Crippen LogP contribution in [0.2, 0.25) is 0 Å². The number of alkyl halides is 2. The topological polar surface area (TPSA) is 88.3 Å². The Morgan fingerprint density at radius 2 is 2.10 bits per heavy atom. The van der Waals surface area contributed by atoms with Gasteiger partial charge in [-0.15, -0.1) is 0 Å². The molecule has 0 bridgehead atoms. The first kappa shape index (κ1) is 15.3. The molecule has 10 heteroatoms. The number of aromatic nitrogens is 2. The summed E-state index contributed by atoms with van der Waals surface area (Å²) in [4.78, 5) is 3.94. The summed E-state index contributed by atoms with van der Waals surface area (Å²) in [6.45, 7) is -2.99. The molecule has 0 aliphatic carbocycles. The molecule has 1 aromatic carbocycles. The van der Waals surface area contributed by atoms with E-state index in [0.717, 1.165) is 14.5 Å². The predicted molar refractivity (Wildman–Crippen MR) is 72.3 cm³/mol. The van der Waals surface area contributed by atoms with Gasteiger partial charge in [0.25, 0.3) is 0 Å². The second-order valence-corrected chi connectivity index (χ2v) is 6.19. The van der Waals surface area contributed by atoms with Gasteiger partial charge < -0.3 is 10.1 Å². The fraction of sp³-hybridized carbons (Fsp3) is 0.273. The molecule has 2 rings (SSSR count). The highest BCUT2D eigenvalue weighted by Gasteiger charge is 2.23. The number of nitrogens with zero attached hydrogens (tertiary/aromatic N) is 3. The lowest BCUT2D eigenvalue weighted by Crippen LogP contribution is -2.30. The van der Waals surface area contributed by atoms with Crippen LogP contribution in [0.5, 0.6) is 5.75 Å². The summed E-state index contributed by atoms with van der Waals surface area (Å²) in [5.74, 6) is -0.270. The van der Waals surface area contributed by atoms with Crippen molar-refractivity contribution in [3.63, 3.8) is 0 Å². The summed E-state index contributed by atoms with van der Waals surface area (Å²) >= 11 is 0. The fourth-order valence-corrected chi connectivity index (χ4v) is 2.79. The van der Waals surface area contributed by atoms with Gasteiger partial charge in [0.2, 0.25) is 0 Å². The molecule has 0 atom stereocenters. The van der Waals surface area contributed by atoms with E-state index in [9.17, 15) is 17.2 Å². The standard InChI is InChI=1S/C11H12F2N4O3S/c1-16(2)21(18,19)17-9-4-3-7(20-11(12)13)5-8(9)15-10(17)6-14/h3-6,11,14H,1-2H3. The molecule has 114 valence electrons. The highest BCUT2D eigenvalue weighted by Crippen LogP contribution is 2.24. The fourth-order valence-electron chi connectivity index (χ4n) is 1.73. The minimum Gasteiger partial charge on any atom is -0.435 e. The Hall–Kier alpha value is -2.07. The number of benzene rings is 1. The molecule has 0 saturated heterocycles. The Morgan fingerprint density at radius 3 is 2.62 bits per heavy atom. The van der Waals surface area contributed by atoms with Crippen LogP contribution in [0.15, 0.2) is 18.2 Å². The highest BCUT2D eigenvalue weighted by molar-refractivity contribution is 7.87. The SMILES string of the molecule is CN(C)S(=O)(=O)n1c(C=N)nc2cc(OC(F)F)ccc21. The van der Waals surface area contributed by atoms with E-state index in [4.69, 9.17) is 5.41 Å². The highest BCUT2D eigenvalue weighted by atomic mass is 32.2. The van der Waals surface area contributed by atoms with Crippen LogP contribution in [-0.2, 0) is 10.2 Å². The van der Waals surface area contributed by atoms with E-state index < -0.39 is 16.8 Å². The van der Waals surface area contributed by atoms with Crippen LogP contribution < -0.4 is 4.74 Å². The Balaban J connectivity index is 2.69. The largest absolute Gasteiger partial charge is 0.435 e. The number of hydrogen-bond acceptors (Lipinski definition) is 5. The van der Waals surface area contributed by atoms with Crippen LogP contribution in [0.4, 0.5) is 8.78 Å². The van der Waals surface area contributed by atoms with Crippen LogP contribution in [-0.4, -0.2) is 48.6 Å². The van der Waals surface area contributed by atoms with Crippen LogP contribution in [0.1, 0.15) is 5.82 Å². The Labute approximate surface area is 119 Å². The molecule has 0 saturated carbocycles. The lowest BCUT2D eigenvalue weighted by Gasteiger charge is -2.14. The third kappa shape index (κ3) is 2.72. The summed E-state index contributed by atoms with van der Waals surface area (Å²) in [6.07, 6.45) is 0.773. The zero-order chi connectivity index (χ0) is 15.8. The predicted octanol–water partition coefficient (Wildman–Crippen LogP) is 1.29. The van der Waals surface area contributed by atoms with Gasteiger partial charge in [0, 0.05) is 20.2 Å². The minimum atomic E-state index is -3.89. The van der Waals surface area contributed by atoms with Gasteiger partial charge in [-0.05, 0) is 12.1 Å². The molecule has 0 amide bonds. The molecule has 21 heavy (non-hydrogen) atoms. The van der Waals surface area contributed by atoms with Gasteiger partial charge in [0.1, 0.15) is 5.75 Å². The van der Waals surface area contributed by atoms with Crippen molar-refractivity contribution in [2.24, 2.45) is 0 Å². The summed E-state index contributed by atoms with van der Waals surface area (Å²) in [5.41, 5.74) is 0.306. The maximum Gasteiger partial charge on any atom is 0.387 e. The van der Waals surface area contributed by atoms with Gasteiger partial charge in [0.05, 0.1) is 17.2 Å². The third-order valence-corrected chi connectivity index (χ3v) is 4.42. The summed E-state index contributed by atoms with van der Waals surface area (Å²) < 4.78 is 54.9. The molecule has 0 radical (unpaired) electrons. The molecular formula is C11H12F2N4O3S. The molecule has 0 spiro atoms. The lowest BCUT2D eigenvalue weighted by atomic mass is 10.3. The first-order chi connectivity index (χ1) is 9.77. The van der Waals surface area contributed by atoms with Gasteiger partial charge in [-0.25, -0.2) is 8.96 Å². The normalized spacial score (nSPS) is 12.3. The number of fused-ring (bicyclic) bond motifs is 1. The van der Waals surface area contributed by atoms with Crippen molar-refractivity contribution in [1.29, 1.82) is 5.41 Å². The van der Waals surface area contributed by atoms with Gasteiger partial charge in [-0.3, -0.25) is 0 Å². The van der Waals surface area contributed by atoms with Crippen LogP contribution in [0.3, 0.4) is 0 Å². The molecule has 0 fully saturated rings. The molecule has 0 aliphatic heterocycles. The van der Waals surface area contributed by atoms with Crippen LogP contribution in [0, 0.1) is 5.41 Å². The molecule has 1 heterocycles. The number of hydrogen-bond donors (Lipinski definition) is 1. The maximum atomic E-state index is 12.2. The molecule has 0 unspecified atom stereocenters. The van der Waals surface area contributed by atoms with Gasteiger partial charge in [-0.1, -0.05) is 0 Å². The summed E-state index contributed by atoms with van der Waals surface area (Å²) in [7, 11) is -1.22. The number of nitrogens with one attached hydrogen (secondary N) is 1. The second kappa shape index (κ2) is 5.37. The summed E-state index contributed by atoms with van der Waals surface area (Å²) in [6, 6.07) is 3.70. The van der Waals surface area contributed by atoms with E-state index in [1.807, 2.05) is 0 Å². The number of halogens is 2. The molecule has 1 aromatic heterocycles. The van der Waals surface area contributed by atoms with Gasteiger partial charge in [-0.2, -0.15) is 21.5 Å². The molecule has 2 aromatic rings. The first-order valence-electron chi connectivity index (χ1n) is 5.68. The number of ether oxygens (including phenoxy) is 1. The van der Waals surface area contributed by atoms with Crippen molar-refractivity contribution < 1.29 is 21.9 Å². The number of rotatable bonds is 5. The van der Waals surface area contributed by atoms with E-state index >= 15 is 0 Å².